The van der Waals surface area contributed by atoms with Gasteiger partial charge in [-0.15, -0.1) is 12.4 Å². The Kier molecular flexibility index (Phi) is 8.14. The molecule has 27 heavy (non-hydrogen) atoms. The van der Waals surface area contributed by atoms with E-state index in [0.29, 0.717) is 5.75 Å². The van der Waals surface area contributed by atoms with E-state index in [2.05, 4.69) is 5.32 Å². The summed E-state index contributed by atoms with van der Waals surface area (Å²) in [5.74, 6) is -1.82. The van der Waals surface area contributed by atoms with Crippen molar-refractivity contribution in [3.8, 4) is 5.75 Å². The van der Waals surface area contributed by atoms with Gasteiger partial charge < -0.3 is 20.5 Å². The molecule has 0 bridgehead atoms. The minimum Gasteiger partial charge on any atom is -0.497 e. The zero-order chi connectivity index (χ0) is 19.3. The maximum Gasteiger partial charge on any atom is 0.254 e. The molecule has 4 N–H and O–H groups in total. The first-order chi connectivity index (χ1) is 12.4. The topological polar surface area (TPSA) is 97.4 Å². The van der Waals surface area contributed by atoms with Crippen molar-refractivity contribution in [1.82, 2.24) is 5.32 Å². The van der Waals surface area contributed by atoms with Crippen LogP contribution in [0.25, 0.3) is 0 Å². The van der Waals surface area contributed by atoms with E-state index < -0.39 is 23.6 Å². The number of nitrogen functional groups attached to an aromatic ring is 1. The van der Waals surface area contributed by atoms with Gasteiger partial charge in [0.25, 0.3) is 5.91 Å². The van der Waals surface area contributed by atoms with Gasteiger partial charge >= 0.3 is 0 Å². The second kappa shape index (κ2) is 9.84. The van der Waals surface area contributed by atoms with Crippen molar-refractivity contribution in [2.24, 2.45) is 5.73 Å². The van der Waals surface area contributed by atoms with Crippen LogP contribution in [-0.4, -0.2) is 26.0 Å². The van der Waals surface area contributed by atoms with Gasteiger partial charge in [-0.1, -0.05) is 12.1 Å². The number of carbonyl (C=O) groups is 1. The normalized spacial score (nSPS) is 11.3. The second-order valence-corrected chi connectivity index (χ2v) is 5.44. The number of rotatable bonds is 7. The van der Waals surface area contributed by atoms with E-state index in [9.17, 15) is 13.6 Å². The highest BCUT2D eigenvalue weighted by molar-refractivity contribution is 5.94. The molecule has 0 saturated heterocycles. The summed E-state index contributed by atoms with van der Waals surface area (Å²) in [6.07, 6.45) is -1.19. The maximum absolute atomic E-state index is 14.2. The Morgan fingerprint density at radius 1 is 1.19 bits per heavy atom. The molecular formula is C18H20ClF2N3O3. The molecule has 146 valence electrons. The molecule has 1 unspecified atom stereocenters. The van der Waals surface area contributed by atoms with Gasteiger partial charge in [-0.05, 0) is 18.2 Å². The first kappa shape index (κ1) is 22.3. The molecule has 1 amide bonds. The van der Waals surface area contributed by atoms with Crippen LogP contribution in [-0.2, 0) is 16.1 Å². The number of methoxy groups -OCH3 is 2. The van der Waals surface area contributed by atoms with Gasteiger partial charge in [-0.2, -0.15) is 0 Å². The third-order valence-electron chi connectivity index (χ3n) is 3.78. The number of nitrogens with two attached hydrogens (primary N) is 1. The van der Waals surface area contributed by atoms with E-state index in [1.165, 1.54) is 38.5 Å². The molecule has 6 nitrogen and oxygen atoms in total. The summed E-state index contributed by atoms with van der Waals surface area (Å²) in [5, 5.41) is 9.79. The van der Waals surface area contributed by atoms with Crippen LogP contribution < -0.4 is 15.8 Å². The van der Waals surface area contributed by atoms with Gasteiger partial charge in [0.15, 0.2) is 6.10 Å². The average Bonchev–Trinajstić information content (AvgIpc) is 2.62. The van der Waals surface area contributed by atoms with Crippen LogP contribution in [0.2, 0.25) is 0 Å². The minimum absolute atomic E-state index is 0. The smallest absolute Gasteiger partial charge is 0.254 e. The lowest BCUT2D eigenvalue weighted by atomic mass is 10.1. The van der Waals surface area contributed by atoms with E-state index in [1.807, 2.05) is 0 Å². The van der Waals surface area contributed by atoms with Gasteiger partial charge in [-0.3, -0.25) is 10.2 Å². The second-order valence-electron chi connectivity index (χ2n) is 5.44. The molecule has 0 aromatic heterocycles. The molecule has 2 aromatic rings. The van der Waals surface area contributed by atoms with Gasteiger partial charge in [0.1, 0.15) is 23.2 Å². The van der Waals surface area contributed by atoms with Crippen molar-refractivity contribution in [2.75, 3.05) is 14.2 Å². The van der Waals surface area contributed by atoms with Crippen LogP contribution in [0.15, 0.2) is 36.4 Å². The molecule has 2 rings (SSSR count). The lowest BCUT2D eigenvalue weighted by molar-refractivity contribution is -0.131. The molecule has 0 fully saturated rings. The summed E-state index contributed by atoms with van der Waals surface area (Å²) in [4.78, 5) is 12.3. The van der Waals surface area contributed by atoms with E-state index >= 15 is 0 Å². The third-order valence-corrected chi connectivity index (χ3v) is 3.78. The van der Waals surface area contributed by atoms with Crippen molar-refractivity contribution in [1.29, 1.82) is 5.41 Å². The molecule has 0 spiro atoms. The third kappa shape index (κ3) is 5.38. The highest BCUT2D eigenvalue weighted by atomic mass is 35.5. The fourth-order valence-corrected chi connectivity index (χ4v) is 2.36. The quantitative estimate of drug-likeness (QED) is 0.492. The highest BCUT2D eigenvalue weighted by Crippen LogP contribution is 2.24. The zero-order valence-electron chi connectivity index (χ0n) is 14.7. The Bertz CT molecular complexity index is 833. The Morgan fingerprint density at radius 2 is 1.89 bits per heavy atom. The number of benzene rings is 2. The standard InChI is InChI=1S/C18H19F2N3O3.ClH/c1-25-12-5-6-13(15(20)8-12)16(26-2)18(24)23-9-11-4-3-10(17(21)22)7-14(11)19;/h3-8,16H,9H2,1-2H3,(H3,21,22)(H,23,24);1H. The summed E-state index contributed by atoms with van der Waals surface area (Å²) in [7, 11) is 2.68. The van der Waals surface area contributed by atoms with Crippen LogP contribution in [0.1, 0.15) is 22.8 Å². The maximum atomic E-state index is 14.2. The summed E-state index contributed by atoms with van der Waals surface area (Å²) in [5.41, 5.74) is 5.78. The fourth-order valence-electron chi connectivity index (χ4n) is 2.36. The van der Waals surface area contributed by atoms with Crippen LogP contribution in [0, 0.1) is 17.0 Å². The average molecular weight is 400 g/mol. The predicted octanol–water partition coefficient (Wildman–Crippen LogP) is 2.68. The molecular weight excluding hydrogens is 380 g/mol. The lowest BCUT2D eigenvalue weighted by Gasteiger charge is -2.17. The number of amidine groups is 1. The van der Waals surface area contributed by atoms with Crippen molar-refractivity contribution in [3.63, 3.8) is 0 Å². The van der Waals surface area contributed by atoms with Crippen LogP contribution in [0.5, 0.6) is 5.75 Å². The first-order valence-electron chi connectivity index (χ1n) is 7.64. The molecule has 9 heteroatoms. The van der Waals surface area contributed by atoms with E-state index in [4.69, 9.17) is 20.6 Å². The van der Waals surface area contributed by atoms with Gasteiger partial charge in [0.05, 0.1) is 7.11 Å². The summed E-state index contributed by atoms with van der Waals surface area (Å²) in [6, 6.07) is 8.06. The number of hydrogen-bond acceptors (Lipinski definition) is 4. The molecule has 0 aliphatic carbocycles. The van der Waals surface area contributed by atoms with Crippen molar-refractivity contribution in [3.05, 3.63) is 64.7 Å². The molecule has 0 saturated carbocycles. The van der Waals surface area contributed by atoms with Crippen molar-refractivity contribution in [2.45, 2.75) is 12.6 Å². The Morgan fingerprint density at radius 3 is 2.41 bits per heavy atom. The van der Waals surface area contributed by atoms with E-state index in [1.54, 1.807) is 0 Å². The Labute approximate surface area is 161 Å². The molecule has 0 aliphatic rings. The Balaban J connectivity index is 0.00000364. The number of nitrogens with one attached hydrogen (secondary N) is 2. The molecule has 1 atom stereocenters. The van der Waals surface area contributed by atoms with Crippen molar-refractivity contribution >= 4 is 24.1 Å². The summed E-state index contributed by atoms with van der Waals surface area (Å²) >= 11 is 0. The SMILES string of the molecule is COc1ccc(C(OC)C(=O)NCc2ccc(C(=N)N)cc2F)c(F)c1.Cl. The minimum atomic E-state index is -1.19. The van der Waals surface area contributed by atoms with Crippen LogP contribution in [0.3, 0.4) is 0 Å². The number of carbonyl (C=O) groups excluding carboxylic acids is 1. The fraction of sp³-hybridized carbons (Fsp3) is 0.222. The zero-order valence-corrected chi connectivity index (χ0v) is 15.5. The van der Waals surface area contributed by atoms with Gasteiger partial charge in [0.2, 0.25) is 0 Å². The molecule has 0 aliphatic heterocycles. The number of hydrogen-bond donors (Lipinski definition) is 3. The monoisotopic (exact) mass is 399 g/mol. The van der Waals surface area contributed by atoms with Crippen LogP contribution in [0.4, 0.5) is 8.78 Å². The summed E-state index contributed by atoms with van der Waals surface area (Å²) in [6.45, 7) is -0.125. The number of amides is 1. The van der Waals surface area contributed by atoms with Crippen LogP contribution >= 0.6 is 12.4 Å². The first-order valence-corrected chi connectivity index (χ1v) is 7.64. The highest BCUT2D eigenvalue weighted by Gasteiger charge is 2.24. The van der Waals surface area contributed by atoms with E-state index in [-0.39, 0.29) is 41.5 Å². The van der Waals surface area contributed by atoms with Gasteiger partial charge in [0, 0.05) is 36.4 Å². The largest absolute Gasteiger partial charge is 0.497 e. The number of halogens is 3. The van der Waals surface area contributed by atoms with Gasteiger partial charge in [-0.25, -0.2) is 8.78 Å². The molecule has 0 radical (unpaired) electrons. The Hall–Kier alpha value is -2.71. The molecule has 2 aromatic carbocycles. The van der Waals surface area contributed by atoms with E-state index in [0.717, 1.165) is 12.1 Å². The summed E-state index contributed by atoms with van der Waals surface area (Å²) < 4.78 is 38.2. The predicted molar refractivity (Wildman–Crippen MR) is 99.2 cm³/mol. The lowest BCUT2D eigenvalue weighted by Crippen LogP contribution is -2.30. The number of ether oxygens (including phenoxy) is 2. The van der Waals surface area contributed by atoms with Crippen molar-refractivity contribution < 1.29 is 23.0 Å². The molecule has 0 heterocycles.